The van der Waals surface area contributed by atoms with Gasteiger partial charge in [0.2, 0.25) is 0 Å². The number of para-hydroxylation sites is 1. The Bertz CT molecular complexity index is 766. The van der Waals surface area contributed by atoms with Gasteiger partial charge < -0.3 is 5.73 Å². The third-order valence-corrected chi connectivity index (χ3v) is 2.74. The van der Waals surface area contributed by atoms with Gasteiger partial charge in [-0.25, -0.2) is 4.68 Å². The van der Waals surface area contributed by atoms with E-state index in [9.17, 15) is 0 Å². The van der Waals surface area contributed by atoms with Crippen LogP contribution in [0.15, 0.2) is 42.5 Å². The molecule has 0 amide bonds. The average molecular weight is 235 g/mol. The van der Waals surface area contributed by atoms with Crippen LogP contribution in [0.1, 0.15) is 5.56 Å². The highest BCUT2D eigenvalue weighted by atomic mass is 15.4. The highest BCUT2D eigenvalue weighted by Crippen LogP contribution is 2.21. The Balaban J connectivity index is 2.24. The maximum atomic E-state index is 8.81. The summed E-state index contributed by atoms with van der Waals surface area (Å²) in [6, 6.07) is 14.8. The standard InChI is InChI=1S/C13H9N5/c14-8-9-5-6-12(10(15)7-9)18-13-4-2-1-3-11(13)16-17-18/h1-7H,15H2. The van der Waals surface area contributed by atoms with E-state index in [-0.39, 0.29) is 0 Å². The van der Waals surface area contributed by atoms with E-state index in [1.165, 1.54) is 0 Å². The maximum Gasteiger partial charge on any atom is 0.113 e. The minimum Gasteiger partial charge on any atom is -0.397 e. The minimum atomic E-state index is 0.504. The first-order valence-electron chi connectivity index (χ1n) is 5.40. The third-order valence-electron chi connectivity index (χ3n) is 2.74. The van der Waals surface area contributed by atoms with Crippen LogP contribution in [0, 0.1) is 11.3 Å². The zero-order valence-electron chi connectivity index (χ0n) is 9.41. The Morgan fingerprint density at radius 2 is 2.00 bits per heavy atom. The third kappa shape index (κ3) is 1.48. The minimum absolute atomic E-state index is 0.504. The Morgan fingerprint density at radius 3 is 2.78 bits per heavy atom. The first-order chi connectivity index (χ1) is 8.79. The Labute approximate surface area is 103 Å². The van der Waals surface area contributed by atoms with Crippen molar-refractivity contribution in [3.05, 3.63) is 48.0 Å². The van der Waals surface area contributed by atoms with Gasteiger partial charge in [0.15, 0.2) is 0 Å². The Kier molecular flexibility index (Phi) is 2.21. The number of nitrogen functional groups attached to an aromatic ring is 1. The fraction of sp³-hybridized carbons (Fsp3) is 0. The molecule has 1 heterocycles. The molecule has 0 fully saturated rings. The number of benzene rings is 2. The van der Waals surface area contributed by atoms with Crippen LogP contribution in [-0.2, 0) is 0 Å². The summed E-state index contributed by atoms with van der Waals surface area (Å²) in [4.78, 5) is 0. The van der Waals surface area contributed by atoms with Crippen LogP contribution in [0.4, 0.5) is 5.69 Å². The predicted octanol–water partition coefficient (Wildman–Crippen LogP) is 1.87. The van der Waals surface area contributed by atoms with Crippen molar-refractivity contribution in [3.63, 3.8) is 0 Å². The van der Waals surface area contributed by atoms with Crippen molar-refractivity contribution in [2.45, 2.75) is 0 Å². The lowest BCUT2D eigenvalue weighted by molar-refractivity contribution is 0.825. The second-order valence-corrected chi connectivity index (χ2v) is 3.88. The Hall–Kier alpha value is -2.87. The van der Waals surface area contributed by atoms with E-state index in [2.05, 4.69) is 16.4 Å². The van der Waals surface area contributed by atoms with Crippen molar-refractivity contribution in [1.82, 2.24) is 15.0 Å². The lowest BCUT2D eigenvalue weighted by atomic mass is 10.2. The lowest BCUT2D eigenvalue weighted by Gasteiger charge is -2.05. The first kappa shape index (κ1) is 10.3. The molecule has 0 bridgehead atoms. The number of fused-ring (bicyclic) bond motifs is 1. The molecule has 3 rings (SSSR count). The summed E-state index contributed by atoms with van der Waals surface area (Å²) in [5, 5.41) is 17.0. The number of anilines is 1. The van der Waals surface area contributed by atoms with Crippen molar-refractivity contribution < 1.29 is 0 Å². The predicted molar refractivity (Wildman–Crippen MR) is 68.0 cm³/mol. The number of nitriles is 1. The van der Waals surface area contributed by atoms with Gasteiger partial charge in [-0.05, 0) is 30.3 Å². The molecule has 0 spiro atoms. The lowest BCUT2D eigenvalue weighted by Crippen LogP contribution is -2.01. The SMILES string of the molecule is N#Cc1ccc(-n2nnc3ccccc32)c(N)c1. The zero-order valence-corrected chi connectivity index (χ0v) is 9.41. The van der Waals surface area contributed by atoms with Gasteiger partial charge in [0.1, 0.15) is 5.52 Å². The topological polar surface area (TPSA) is 80.5 Å². The molecule has 0 radical (unpaired) electrons. The maximum absolute atomic E-state index is 8.81. The van der Waals surface area contributed by atoms with E-state index < -0.39 is 0 Å². The molecule has 2 aromatic carbocycles. The van der Waals surface area contributed by atoms with Gasteiger partial charge in [-0.3, -0.25) is 0 Å². The molecule has 5 heteroatoms. The molecule has 0 unspecified atom stereocenters. The number of nitrogens with two attached hydrogens (primary N) is 1. The van der Waals surface area contributed by atoms with E-state index in [0.717, 1.165) is 16.7 Å². The molecular formula is C13H9N5. The van der Waals surface area contributed by atoms with E-state index in [0.29, 0.717) is 11.3 Å². The van der Waals surface area contributed by atoms with Crippen LogP contribution in [0.3, 0.4) is 0 Å². The molecule has 5 nitrogen and oxygen atoms in total. The van der Waals surface area contributed by atoms with Gasteiger partial charge in [-0.2, -0.15) is 5.26 Å². The number of aromatic nitrogens is 3. The normalized spacial score (nSPS) is 10.4. The smallest absolute Gasteiger partial charge is 0.113 e. The van der Waals surface area contributed by atoms with Crippen molar-refractivity contribution in [2.24, 2.45) is 0 Å². The second kappa shape index (κ2) is 3.86. The monoisotopic (exact) mass is 235 g/mol. The van der Waals surface area contributed by atoms with Gasteiger partial charge >= 0.3 is 0 Å². The highest BCUT2D eigenvalue weighted by molar-refractivity contribution is 5.77. The number of rotatable bonds is 1. The molecule has 1 aromatic heterocycles. The summed E-state index contributed by atoms with van der Waals surface area (Å²) in [6.45, 7) is 0. The number of hydrogen-bond acceptors (Lipinski definition) is 4. The molecule has 0 saturated heterocycles. The molecule has 2 N–H and O–H groups in total. The number of hydrogen-bond donors (Lipinski definition) is 1. The summed E-state index contributed by atoms with van der Waals surface area (Å²) in [5.41, 5.74) is 9.39. The van der Waals surface area contributed by atoms with E-state index >= 15 is 0 Å². The molecule has 0 saturated carbocycles. The van der Waals surface area contributed by atoms with Gasteiger partial charge in [-0.1, -0.05) is 17.3 Å². The van der Waals surface area contributed by atoms with E-state index in [4.69, 9.17) is 11.0 Å². The molecule has 0 aliphatic rings. The largest absolute Gasteiger partial charge is 0.397 e. The first-order valence-corrected chi connectivity index (χ1v) is 5.40. The molecular weight excluding hydrogens is 226 g/mol. The van der Waals surface area contributed by atoms with Crippen LogP contribution in [0.5, 0.6) is 0 Å². The van der Waals surface area contributed by atoms with Crippen LogP contribution in [0.25, 0.3) is 16.7 Å². The second-order valence-electron chi connectivity index (χ2n) is 3.88. The average Bonchev–Trinajstić information content (AvgIpc) is 2.82. The molecule has 86 valence electrons. The fourth-order valence-corrected chi connectivity index (χ4v) is 1.86. The summed E-state index contributed by atoms with van der Waals surface area (Å²) < 4.78 is 1.67. The highest BCUT2D eigenvalue weighted by Gasteiger charge is 2.08. The van der Waals surface area contributed by atoms with Crippen molar-refractivity contribution in [1.29, 1.82) is 5.26 Å². The van der Waals surface area contributed by atoms with E-state index in [1.54, 1.807) is 22.9 Å². The van der Waals surface area contributed by atoms with Crippen LogP contribution in [-0.4, -0.2) is 15.0 Å². The van der Waals surface area contributed by atoms with Crippen molar-refractivity contribution in [2.75, 3.05) is 5.73 Å². The summed E-state index contributed by atoms with van der Waals surface area (Å²) >= 11 is 0. The number of nitrogens with zero attached hydrogens (tertiary/aromatic N) is 4. The van der Waals surface area contributed by atoms with Gasteiger partial charge in [0, 0.05) is 0 Å². The van der Waals surface area contributed by atoms with Crippen molar-refractivity contribution >= 4 is 16.7 Å². The fourth-order valence-electron chi connectivity index (χ4n) is 1.86. The molecule has 0 atom stereocenters. The molecule has 18 heavy (non-hydrogen) atoms. The summed E-state index contributed by atoms with van der Waals surface area (Å²) in [7, 11) is 0. The van der Waals surface area contributed by atoms with Gasteiger partial charge in [0.25, 0.3) is 0 Å². The van der Waals surface area contributed by atoms with Crippen LogP contribution >= 0.6 is 0 Å². The molecule has 0 aliphatic heterocycles. The summed E-state index contributed by atoms with van der Waals surface area (Å²) in [5.74, 6) is 0. The Morgan fingerprint density at radius 1 is 1.17 bits per heavy atom. The van der Waals surface area contributed by atoms with Crippen molar-refractivity contribution in [3.8, 4) is 11.8 Å². The van der Waals surface area contributed by atoms with Crippen LogP contribution in [0.2, 0.25) is 0 Å². The van der Waals surface area contributed by atoms with Gasteiger partial charge in [0.05, 0.1) is 28.5 Å². The summed E-state index contributed by atoms with van der Waals surface area (Å²) in [6.07, 6.45) is 0. The van der Waals surface area contributed by atoms with E-state index in [1.807, 2.05) is 24.3 Å². The van der Waals surface area contributed by atoms with Crippen LogP contribution < -0.4 is 5.73 Å². The quantitative estimate of drug-likeness (QED) is 0.653. The van der Waals surface area contributed by atoms with Gasteiger partial charge in [-0.15, -0.1) is 5.10 Å². The zero-order chi connectivity index (χ0) is 12.5. The molecule has 0 aliphatic carbocycles. The molecule has 3 aromatic rings.